The number of sulfonamides is 1. The molecule has 2 aromatic rings. The maximum Gasteiger partial charge on any atom is 0.269 e. The van der Waals surface area contributed by atoms with Crippen molar-refractivity contribution in [3.05, 3.63) is 58.6 Å². The summed E-state index contributed by atoms with van der Waals surface area (Å²) in [4.78, 5) is 9.97. The first-order valence-corrected chi connectivity index (χ1v) is 8.98. The number of non-ortho nitro benzene ring substituents is 1. The monoisotopic (exact) mass is 366 g/mol. The van der Waals surface area contributed by atoms with Crippen molar-refractivity contribution in [1.29, 1.82) is 0 Å². The molecule has 0 aromatic heterocycles. The third-order valence-electron chi connectivity index (χ3n) is 3.16. The minimum atomic E-state index is -3.83. The molecule has 0 heterocycles. The Morgan fingerprint density at radius 1 is 1.04 bits per heavy atom. The molecule has 0 unspecified atom stereocenters. The highest BCUT2D eigenvalue weighted by molar-refractivity contribution is 7.92. The van der Waals surface area contributed by atoms with Crippen LogP contribution in [-0.2, 0) is 14.8 Å². The first-order chi connectivity index (χ1) is 11.9. The molecule has 0 radical (unpaired) electrons. The van der Waals surface area contributed by atoms with Crippen LogP contribution < -0.4 is 9.46 Å². The van der Waals surface area contributed by atoms with E-state index in [4.69, 9.17) is 9.47 Å². The topological polar surface area (TPSA) is 108 Å². The lowest BCUT2D eigenvalue weighted by Crippen LogP contribution is -2.13. The lowest BCUT2D eigenvalue weighted by atomic mass is 10.3. The number of benzene rings is 2. The van der Waals surface area contributed by atoms with Gasteiger partial charge in [0.1, 0.15) is 12.4 Å². The van der Waals surface area contributed by atoms with Crippen LogP contribution in [0.5, 0.6) is 5.75 Å². The molecule has 2 aromatic carbocycles. The summed E-state index contributed by atoms with van der Waals surface area (Å²) in [5.74, 6) is 0.595. The van der Waals surface area contributed by atoms with Crippen LogP contribution in [-0.4, -0.2) is 33.2 Å². The zero-order valence-electron chi connectivity index (χ0n) is 13.5. The summed E-state index contributed by atoms with van der Waals surface area (Å²) in [5.41, 5.74) is 0.183. The van der Waals surface area contributed by atoms with E-state index in [-0.39, 0.29) is 10.6 Å². The fourth-order valence-corrected chi connectivity index (χ4v) is 3.00. The smallest absolute Gasteiger partial charge is 0.269 e. The number of nitrogens with one attached hydrogen (secondary N) is 1. The second-order valence-electron chi connectivity index (χ2n) is 4.93. The van der Waals surface area contributed by atoms with Gasteiger partial charge in [-0.15, -0.1) is 0 Å². The molecule has 9 heteroatoms. The summed E-state index contributed by atoms with van der Waals surface area (Å²) < 4.78 is 37.6. The Morgan fingerprint density at radius 2 is 1.68 bits per heavy atom. The van der Waals surface area contributed by atoms with Gasteiger partial charge >= 0.3 is 0 Å². The van der Waals surface area contributed by atoms with E-state index >= 15 is 0 Å². The van der Waals surface area contributed by atoms with Crippen LogP contribution in [0, 0.1) is 10.1 Å². The number of hydrogen-bond donors (Lipinski definition) is 1. The largest absolute Gasteiger partial charge is 0.491 e. The SMILES string of the molecule is CCOCCOc1ccc(NS(=O)(=O)c2ccc([N+](=O)[O-])cc2)cc1. The van der Waals surface area contributed by atoms with Crippen LogP contribution in [0.15, 0.2) is 53.4 Å². The molecule has 0 bridgehead atoms. The van der Waals surface area contributed by atoms with Gasteiger partial charge in [0, 0.05) is 24.4 Å². The van der Waals surface area contributed by atoms with E-state index in [9.17, 15) is 18.5 Å². The standard InChI is InChI=1S/C16H18N2O6S/c1-2-23-11-12-24-15-7-3-13(4-8-15)17-25(21,22)16-9-5-14(6-10-16)18(19)20/h3-10,17H,2,11-12H2,1H3. The van der Waals surface area contributed by atoms with Crippen molar-refractivity contribution in [2.75, 3.05) is 24.5 Å². The first kappa shape index (κ1) is 18.7. The summed E-state index contributed by atoms with van der Waals surface area (Å²) in [7, 11) is -3.83. The zero-order chi connectivity index (χ0) is 18.3. The molecule has 0 spiro atoms. The average molecular weight is 366 g/mol. The lowest BCUT2D eigenvalue weighted by Gasteiger charge is -2.10. The highest BCUT2D eigenvalue weighted by Crippen LogP contribution is 2.21. The molecular weight excluding hydrogens is 348 g/mol. The van der Waals surface area contributed by atoms with Gasteiger partial charge in [0.2, 0.25) is 0 Å². The minimum absolute atomic E-state index is 0.0601. The van der Waals surface area contributed by atoms with Crippen molar-refractivity contribution >= 4 is 21.4 Å². The minimum Gasteiger partial charge on any atom is -0.491 e. The van der Waals surface area contributed by atoms with Crippen LogP contribution in [0.2, 0.25) is 0 Å². The second kappa shape index (κ2) is 8.45. The van der Waals surface area contributed by atoms with Gasteiger partial charge in [-0.3, -0.25) is 14.8 Å². The highest BCUT2D eigenvalue weighted by atomic mass is 32.2. The Labute approximate surface area is 145 Å². The van der Waals surface area contributed by atoms with Crippen LogP contribution in [0.1, 0.15) is 6.92 Å². The summed E-state index contributed by atoms with van der Waals surface area (Å²) in [5, 5.41) is 10.6. The van der Waals surface area contributed by atoms with E-state index in [0.29, 0.717) is 31.3 Å². The zero-order valence-corrected chi connectivity index (χ0v) is 14.4. The molecule has 0 atom stereocenters. The number of ether oxygens (including phenoxy) is 2. The van der Waals surface area contributed by atoms with Crippen molar-refractivity contribution in [2.45, 2.75) is 11.8 Å². The molecule has 0 amide bonds. The molecular formula is C16H18N2O6S. The highest BCUT2D eigenvalue weighted by Gasteiger charge is 2.16. The van der Waals surface area contributed by atoms with Crippen LogP contribution in [0.4, 0.5) is 11.4 Å². The molecule has 0 aliphatic carbocycles. The average Bonchev–Trinajstić information content (AvgIpc) is 2.60. The maximum absolute atomic E-state index is 12.3. The van der Waals surface area contributed by atoms with Crippen LogP contribution in [0.25, 0.3) is 0 Å². The van der Waals surface area contributed by atoms with E-state index < -0.39 is 14.9 Å². The molecule has 0 saturated carbocycles. The Hall–Kier alpha value is -2.65. The summed E-state index contributed by atoms with van der Waals surface area (Å²) >= 11 is 0. The van der Waals surface area contributed by atoms with Crippen molar-refractivity contribution in [1.82, 2.24) is 0 Å². The van der Waals surface area contributed by atoms with E-state index in [1.165, 1.54) is 12.1 Å². The first-order valence-electron chi connectivity index (χ1n) is 7.50. The summed E-state index contributed by atoms with van der Waals surface area (Å²) in [6, 6.07) is 11.1. The lowest BCUT2D eigenvalue weighted by molar-refractivity contribution is -0.384. The fourth-order valence-electron chi connectivity index (χ4n) is 1.94. The van der Waals surface area contributed by atoms with Crippen LogP contribution in [0.3, 0.4) is 0 Å². The van der Waals surface area contributed by atoms with Crippen LogP contribution >= 0.6 is 0 Å². The van der Waals surface area contributed by atoms with E-state index in [1.807, 2.05) is 6.92 Å². The maximum atomic E-state index is 12.3. The van der Waals surface area contributed by atoms with Crippen molar-refractivity contribution < 1.29 is 22.8 Å². The third-order valence-corrected chi connectivity index (χ3v) is 4.56. The third kappa shape index (κ3) is 5.44. The molecule has 0 aliphatic heterocycles. The van der Waals surface area contributed by atoms with Crippen molar-refractivity contribution in [2.24, 2.45) is 0 Å². The van der Waals surface area contributed by atoms with Crippen molar-refractivity contribution in [3.63, 3.8) is 0 Å². The number of nitro benzene ring substituents is 1. The number of rotatable bonds is 9. The Kier molecular flexibility index (Phi) is 6.31. The predicted octanol–water partition coefficient (Wildman–Crippen LogP) is 2.81. The molecule has 0 aliphatic rings. The Morgan fingerprint density at radius 3 is 2.24 bits per heavy atom. The summed E-state index contributed by atoms with van der Waals surface area (Å²) in [6.07, 6.45) is 0. The van der Waals surface area contributed by atoms with Gasteiger partial charge < -0.3 is 9.47 Å². The van der Waals surface area contributed by atoms with Gasteiger partial charge in [-0.05, 0) is 43.3 Å². The quantitative estimate of drug-likeness (QED) is 0.415. The molecule has 134 valence electrons. The number of anilines is 1. The molecule has 0 saturated heterocycles. The Balaban J connectivity index is 2.01. The molecule has 0 fully saturated rings. The predicted molar refractivity (Wildman–Crippen MR) is 92.3 cm³/mol. The van der Waals surface area contributed by atoms with Crippen molar-refractivity contribution in [3.8, 4) is 5.75 Å². The fraction of sp³-hybridized carbons (Fsp3) is 0.250. The molecule has 1 N–H and O–H groups in total. The molecule has 8 nitrogen and oxygen atoms in total. The van der Waals surface area contributed by atoms with Gasteiger partial charge in [0.15, 0.2) is 0 Å². The number of hydrogen-bond acceptors (Lipinski definition) is 6. The number of nitro groups is 1. The van der Waals surface area contributed by atoms with Gasteiger partial charge in [-0.25, -0.2) is 8.42 Å². The molecule has 2 rings (SSSR count). The van der Waals surface area contributed by atoms with Gasteiger partial charge in [0.05, 0.1) is 16.4 Å². The Bertz CT molecular complexity index is 804. The van der Waals surface area contributed by atoms with Gasteiger partial charge in [0.25, 0.3) is 15.7 Å². The van der Waals surface area contributed by atoms with E-state index in [2.05, 4.69) is 4.72 Å². The molecule has 25 heavy (non-hydrogen) atoms. The second-order valence-corrected chi connectivity index (χ2v) is 6.61. The van der Waals surface area contributed by atoms with Gasteiger partial charge in [-0.2, -0.15) is 0 Å². The summed E-state index contributed by atoms with van der Waals surface area (Å²) in [6.45, 7) is 3.39. The van der Waals surface area contributed by atoms with Gasteiger partial charge in [-0.1, -0.05) is 0 Å². The normalized spacial score (nSPS) is 11.1. The van der Waals surface area contributed by atoms with E-state index in [1.54, 1.807) is 24.3 Å². The number of nitrogens with zero attached hydrogens (tertiary/aromatic N) is 1. The van der Waals surface area contributed by atoms with E-state index in [0.717, 1.165) is 12.1 Å².